The van der Waals surface area contributed by atoms with Crippen LogP contribution in [0.15, 0.2) is 140 Å². The number of halogens is 10. The highest BCUT2D eigenvalue weighted by atomic mass is 19.2. The number of hydrogen-bond acceptors (Lipinski definition) is 6. The van der Waals surface area contributed by atoms with Crippen LogP contribution in [0.3, 0.4) is 0 Å². The second-order valence-corrected chi connectivity index (χ2v) is 13.4. The average molecular weight is 825 g/mol. The lowest BCUT2D eigenvalue weighted by molar-refractivity contribution is 0.376. The topological polar surface area (TPSA) is 89.9 Å². The Morgan fingerprint density at radius 3 is 0.883 bits per heavy atom. The molecule has 0 spiro atoms. The normalized spacial score (nSPS) is 16.8. The Morgan fingerprint density at radius 1 is 0.317 bits per heavy atom. The molecule has 5 aliphatic rings. The van der Waals surface area contributed by atoms with Crippen molar-refractivity contribution >= 4 is 45.1 Å². The van der Waals surface area contributed by atoms with E-state index in [-0.39, 0.29) is 79.4 Å². The summed E-state index contributed by atoms with van der Waals surface area (Å²) in [5.41, 5.74) is -5.43. The Balaban J connectivity index is 1.44. The van der Waals surface area contributed by atoms with Crippen LogP contribution in [-0.2, 0) is 0 Å². The Bertz CT molecular complexity index is 2840. The van der Waals surface area contributed by atoms with Gasteiger partial charge in [0.25, 0.3) is 0 Å². The van der Waals surface area contributed by atoms with Crippen molar-refractivity contribution in [3.05, 3.63) is 200 Å². The van der Waals surface area contributed by atoms with E-state index in [4.69, 9.17) is 0 Å². The van der Waals surface area contributed by atoms with E-state index in [9.17, 15) is 36.6 Å². The van der Waals surface area contributed by atoms with Crippen LogP contribution < -0.4 is 0 Å². The maximum absolute atomic E-state index is 15.8. The quantitative estimate of drug-likeness (QED) is 0.122. The van der Waals surface area contributed by atoms with E-state index in [2.05, 4.69) is 20.0 Å². The van der Waals surface area contributed by atoms with Crippen molar-refractivity contribution in [3.8, 4) is 11.5 Å². The number of phenolic OH excluding ortho intramolecular Hbond substituents is 2. The van der Waals surface area contributed by atoms with Crippen LogP contribution in [0, 0.1) is 58.2 Å². The number of fused-ring (bicyclic) bond motifs is 4. The standard InChI is InChI=1S/C44H18F10N4O2/c45-35-33(36(46)40(50)43(53)39(35)49)31-25-11-7-21(55-25)29(17-3-1-5-19(59)15-17)22-8-12-26(56-22)32(34-37(47)41(51)44(54)42(52)38(34)48)28-14-10-24(58-28)30(23-9-13-27(31)57-23)18-4-2-6-20(60)16-18/h1-16,59-60H. The smallest absolute Gasteiger partial charge is 0.200 e. The molecule has 5 heterocycles. The van der Waals surface area contributed by atoms with Gasteiger partial charge in [-0.2, -0.15) is 0 Å². The first-order valence-corrected chi connectivity index (χ1v) is 17.4. The van der Waals surface area contributed by atoms with Crippen molar-refractivity contribution in [3.63, 3.8) is 0 Å². The minimum atomic E-state index is -2.41. The third-order valence-electron chi connectivity index (χ3n) is 9.80. The molecule has 8 bridgehead atoms. The second-order valence-electron chi connectivity index (χ2n) is 13.4. The first kappa shape index (κ1) is 37.9. The van der Waals surface area contributed by atoms with Crippen molar-refractivity contribution in [1.29, 1.82) is 0 Å². The van der Waals surface area contributed by atoms with Gasteiger partial charge in [0, 0.05) is 22.3 Å². The molecule has 0 amide bonds. The fraction of sp³-hybridized carbons (Fsp3) is 0. The molecule has 5 aliphatic heterocycles. The van der Waals surface area contributed by atoms with Gasteiger partial charge in [-0.05, 0) is 84.0 Å². The van der Waals surface area contributed by atoms with E-state index in [1.165, 1.54) is 97.1 Å². The van der Waals surface area contributed by atoms with Crippen LogP contribution in [0.2, 0.25) is 0 Å². The van der Waals surface area contributed by atoms with Crippen LogP contribution in [0.25, 0.3) is 22.3 Å². The zero-order valence-electron chi connectivity index (χ0n) is 29.7. The van der Waals surface area contributed by atoms with Gasteiger partial charge in [0.2, 0.25) is 11.6 Å². The van der Waals surface area contributed by atoms with Gasteiger partial charge in [-0.3, -0.25) is 0 Å². The predicted octanol–water partition coefficient (Wildman–Crippen LogP) is 10.5. The summed E-state index contributed by atoms with van der Waals surface area (Å²) in [5.74, 6) is -23.1. The van der Waals surface area contributed by atoms with Gasteiger partial charge < -0.3 is 10.2 Å². The number of allylic oxidation sites excluding steroid dienone is 12. The fourth-order valence-electron chi connectivity index (χ4n) is 7.16. The highest BCUT2D eigenvalue weighted by Crippen LogP contribution is 2.42. The minimum Gasteiger partial charge on any atom is -0.508 e. The third kappa shape index (κ3) is 5.89. The number of benzene rings is 4. The maximum Gasteiger partial charge on any atom is 0.200 e. The number of aliphatic imine (C=N–C) groups is 4. The Hall–Kier alpha value is -7.62. The molecule has 296 valence electrons. The molecule has 0 atom stereocenters. The van der Waals surface area contributed by atoms with Gasteiger partial charge in [0.15, 0.2) is 46.5 Å². The van der Waals surface area contributed by atoms with Gasteiger partial charge in [0.05, 0.1) is 56.8 Å². The number of hydrogen-bond donors (Lipinski definition) is 2. The van der Waals surface area contributed by atoms with E-state index in [0.29, 0.717) is 0 Å². The molecular formula is C44H18F10N4O2. The number of aromatic hydroxyl groups is 2. The fourth-order valence-corrected chi connectivity index (χ4v) is 7.16. The SMILES string of the molecule is Oc1cccc(C2=C3C=CC(=N3)C(c3c(F)c(F)c(F)c(F)c3F)=C3C=CC(=N3)C(c3cccc(O)c3)=C3C=CC(=N3)C(c3c(F)c(F)c(F)c(F)c3F)=C3C=CC2=N3)c1. The first-order chi connectivity index (χ1) is 28.7. The molecule has 0 fully saturated rings. The molecule has 0 radical (unpaired) electrons. The molecule has 2 N–H and O–H groups in total. The number of rotatable bonds is 4. The summed E-state index contributed by atoms with van der Waals surface area (Å²) in [5, 5.41) is 20.9. The van der Waals surface area contributed by atoms with Crippen LogP contribution in [0.5, 0.6) is 11.5 Å². The highest BCUT2D eigenvalue weighted by Gasteiger charge is 2.35. The molecule has 16 heteroatoms. The van der Waals surface area contributed by atoms with E-state index in [0.717, 1.165) is 0 Å². The molecule has 0 saturated carbocycles. The lowest BCUT2D eigenvalue weighted by atomic mass is 9.97. The molecule has 6 nitrogen and oxygen atoms in total. The van der Waals surface area contributed by atoms with E-state index >= 15 is 17.6 Å². The molecular weight excluding hydrogens is 806 g/mol. The lowest BCUT2D eigenvalue weighted by Crippen LogP contribution is -2.11. The summed E-state index contributed by atoms with van der Waals surface area (Å²) in [6.45, 7) is 0. The van der Waals surface area contributed by atoms with Crippen molar-refractivity contribution in [1.82, 2.24) is 0 Å². The Kier molecular flexibility index (Phi) is 8.87. The second kappa shape index (κ2) is 14.0. The number of phenols is 2. The summed E-state index contributed by atoms with van der Waals surface area (Å²) >= 11 is 0. The van der Waals surface area contributed by atoms with Crippen molar-refractivity contribution in [2.24, 2.45) is 20.0 Å². The summed E-state index contributed by atoms with van der Waals surface area (Å²) < 4.78 is 151. The van der Waals surface area contributed by atoms with E-state index < -0.39 is 80.4 Å². The molecule has 0 aliphatic carbocycles. The van der Waals surface area contributed by atoms with Crippen molar-refractivity contribution in [2.75, 3.05) is 0 Å². The molecule has 0 aromatic heterocycles. The molecule has 4 aromatic carbocycles. The van der Waals surface area contributed by atoms with Crippen LogP contribution in [0.4, 0.5) is 43.9 Å². The summed E-state index contributed by atoms with van der Waals surface area (Å²) in [4.78, 5) is 18.1. The van der Waals surface area contributed by atoms with Gasteiger partial charge >= 0.3 is 0 Å². The highest BCUT2D eigenvalue weighted by molar-refractivity contribution is 6.39. The monoisotopic (exact) mass is 824 g/mol. The van der Waals surface area contributed by atoms with Crippen LogP contribution in [0.1, 0.15) is 22.3 Å². The zero-order valence-corrected chi connectivity index (χ0v) is 29.7. The molecule has 4 aromatic rings. The third-order valence-corrected chi connectivity index (χ3v) is 9.80. The Morgan fingerprint density at radius 2 is 0.583 bits per heavy atom. The first-order valence-electron chi connectivity index (χ1n) is 17.4. The Labute approximate surface area is 330 Å². The largest absolute Gasteiger partial charge is 0.508 e. The van der Waals surface area contributed by atoms with Crippen molar-refractivity contribution in [2.45, 2.75) is 0 Å². The van der Waals surface area contributed by atoms with Gasteiger partial charge in [-0.15, -0.1) is 0 Å². The lowest BCUT2D eigenvalue weighted by Gasteiger charge is -2.15. The van der Waals surface area contributed by atoms with Gasteiger partial charge in [-0.25, -0.2) is 63.9 Å². The molecule has 0 saturated heterocycles. The summed E-state index contributed by atoms with van der Waals surface area (Å²) in [7, 11) is 0. The predicted molar refractivity (Wildman–Crippen MR) is 203 cm³/mol. The minimum absolute atomic E-state index is 0.0239. The van der Waals surface area contributed by atoms with E-state index in [1.54, 1.807) is 0 Å². The van der Waals surface area contributed by atoms with Crippen molar-refractivity contribution < 1.29 is 54.1 Å². The molecule has 60 heavy (non-hydrogen) atoms. The summed E-state index contributed by atoms with van der Waals surface area (Å²) in [6, 6.07) is 11.0. The molecule has 9 rings (SSSR count). The van der Waals surface area contributed by atoms with Crippen LogP contribution in [-0.4, -0.2) is 33.1 Å². The van der Waals surface area contributed by atoms with Crippen LogP contribution >= 0.6 is 0 Å². The van der Waals surface area contributed by atoms with Gasteiger partial charge in [0.1, 0.15) is 11.5 Å². The van der Waals surface area contributed by atoms with Gasteiger partial charge in [-0.1, -0.05) is 24.3 Å². The maximum atomic E-state index is 15.8. The summed E-state index contributed by atoms with van der Waals surface area (Å²) in [6.07, 6.45) is 9.94. The zero-order chi connectivity index (χ0) is 42.3. The molecule has 0 unspecified atom stereocenters. The average Bonchev–Trinajstić information content (AvgIpc) is 4.08. The number of nitrogens with zero attached hydrogens (tertiary/aromatic N) is 4. The van der Waals surface area contributed by atoms with E-state index in [1.807, 2.05) is 0 Å².